The van der Waals surface area contributed by atoms with Gasteiger partial charge in [0.05, 0.1) is 18.5 Å². The summed E-state index contributed by atoms with van der Waals surface area (Å²) in [4.78, 5) is 12.2. The molecule has 3 rings (SSSR count). The average Bonchev–Trinajstić information content (AvgIpc) is 2.70. The number of sulfonamides is 1. The van der Waals surface area contributed by atoms with Crippen LogP contribution in [0.3, 0.4) is 0 Å². The summed E-state index contributed by atoms with van der Waals surface area (Å²) in [6.45, 7) is 0.696. The number of ether oxygens (including phenoxy) is 1. The summed E-state index contributed by atoms with van der Waals surface area (Å²) in [7, 11) is -1.87. The Morgan fingerprint density at radius 2 is 1.68 bits per heavy atom. The van der Waals surface area contributed by atoms with Crippen LogP contribution in [0.1, 0.15) is 10.4 Å². The highest BCUT2D eigenvalue weighted by molar-refractivity contribution is 7.92. The fraction of sp³-hybridized carbons (Fsp3) is 0.190. The lowest BCUT2D eigenvalue weighted by molar-refractivity contribution is 0.0947. The Kier molecular flexibility index (Phi) is 5.84. The molecule has 28 heavy (non-hydrogen) atoms. The molecule has 0 aliphatic carbocycles. The second-order valence-electron chi connectivity index (χ2n) is 6.36. The van der Waals surface area contributed by atoms with Crippen LogP contribution in [0, 0.1) is 0 Å². The first-order valence-electron chi connectivity index (χ1n) is 8.79. The highest BCUT2D eigenvalue weighted by Gasteiger charge is 2.12. The SMILES string of the molecule is CN(c1ccc(C(=O)NCCOc2cccc3ccccc23)cc1)S(C)(=O)=O. The highest BCUT2D eigenvalue weighted by Crippen LogP contribution is 2.24. The Labute approximate surface area is 164 Å². The molecule has 0 atom stereocenters. The molecular formula is C21H22N2O4S. The summed E-state index contributed by atoms with van der Waals surface area (Å²) >= 11 is 0. The van der Waals surface area contributed by atoms with Crippen LogP contribution < -0.4 is 14.4 Å². The van der Waals surface area contributed by atoms with Gasteiger partial charge in [0.25, 0.3) is 5.91 Å². The zero-order valence-electron chi connectivity index (χ0n) is 15.8. The van der Waals surface area contributed by atoms with Crippen LogP contribution in [0.25, 0.3) is 10.8 Å². The number of carbonyl (C=O) groups is 1. The number of nitrogens with one attached hydrogen (secondary N) is 1. The summed E-state index contributed by atoms with van der Waals surface area (Å²) in [5.74, 6) is 0.538. The van der Waals surface area contributed by atoms with Crippen LogP contribution in [0.2, 0.25) is 0 Å². The third kappa shape index (κ3) is 4.61. The van der Waals surface area contributed by atoms with E-state index in [0.717, 1.165) is 27.1 Å². The Morgan fingerprint density at radius 1 is 1.00 bits per heavy atom. The van der Waals surface area contributed by atoms with Crippen molar-refractivity contribution in [3.05, 3.63) is 72.3 Å². The molecular weight excluding hydrogens is 376 g/mol. The van der Waals surface area contributed by atoms with E-state index in [0.29, 0.717) is 24.4 Å². The average molecular weight is 398 g/mol. The summed E-state index contributed by atoms with van der Waals surface area (Å²) < 4.78 is 30.1. The van der Waals surface area contributed by atoms with Gasteiger partial charge < -0.3 is 10.1 Å². The first-order chi connectivity index (χ1) is 13.4. The summed E-state index contributed by atoms with van der Waals surface area (Å²) in [5, 5.41) is 4.93. The van der Waals surface area contributed by atoms with Gasteiger partial charge in [0.2, 0.25) is 10.0 Å². The zero-order chi connectivity index (χ0) is 20.1. The van der Waals surface area contributed by atoms with Crippen LogP contribution in [0.5, 0.6) is 5.75 Å². The molecule has 146 valence electrons. The lowest BCUT2D eigenvalue weighted by atomic mass is 10.1. The van der Waals surface area contributed by atoms with E-state index in [4.69, 9.17) is 4.74 Å². The highest BCUT2D eigenvalue weighted by atomic mass is 32.2. The minimum Gasteiger partial charge on any atom is -0.491 e. The van der Waals surface area contributed by atoms with Crippen LogP contribution in [0.4, 0.5) is 5.69 Å². The maximum Gasteiger partial charge on any atom is 0.251 e. The number of rotatable bonds is 7. The number of benzene rings is 3. The molecule has 0 saturated carbocycles. The Bertz CT molecular complexity index is 1070. The molecule has 1 N–H and O–H groups in total. The van der Waals surface area contributed by atoms with Crippen molar-refractivity contribution in [1.29, 1.82) is 0 Å². The van der Waals surface area contributed by atoms with Crippen LogP contribution >= 0.6 is 0 Å². The lowest BCUT2D eigenvalue weighted by Crippen LogP contribution is -2.28. The molecule has 0 aliphatic heterocycles. The summed E-state index contributed by atoms with van der Waals surface area (Å²) in [6, 6.07) is 20.2. The molecule has 0 aromatic heterocycles. The first kappa shape index (κ1) is 19.7. The van der Waals surface area contributed by atoms with Gasteiger partial charge in [-0.25, -0.2) is 8.42 Å². The van der Waals surface area contributed by atoms with Gasteiger partial charge in [0, 0.05) is 18.0 Å². The van der Waals surface area contributed by atoms with Crippen LogP contribution in [-0.4, -0.2) is 40.8 Å². The van der Waals surface area contributed by atoms with E-state index in [1.807, 2.05) is 42.5 Å². The first-order valence-corrected chi connectivity index (χ1v) is 10.6. The van der Waals surface area contributed by atoms with Crippen LogP contribution in [0.15, 0.2) is 66.7 Å². The molecule has 3 aromatic rings. The number of anilines is 1. The normalized spacial score (nSPS) is 11.2. The van der Waals surface area contributed by atoms with Crippen LogP contribution in [-0.2, 0) is 10.0 Å². The van der Waals surface area contributed by atoms with E-state index >= 15 is 0 Å². The van der Waals surface area contributed by atoms with E-state index in [9.17, 15) is 13.2 Å². The van der Waals surface area contributed by atoms with Gasteiger partial charge in [-0.05, 0) is 35.7 Å². The van der Waals surface area contributed by atoms with E-state index in [2.05, 4.69) is 5.32 Å². The molecule has 0 unspecified atom stereocenters. The molecule has 6 nitrogen and oxygen atoms in total. The minimum absolute atomic E-state index is 0.241. The third-order valence-corrected chi connectivity index (χ3v) is 5.59. The summed E-state index contributed by atoms with van der Waals surface area (Å²) in [5.41, 5.74) is 0.953. The molecule has 7 heteroatoms. The van der Waals surface area contributed by atoms with Crippen molar-refractivity contribution < 1.29 is 17.9 Å². The molecule has 0 radical (unpaired) electrons. The largest absolute Gasteiger partial charge is 0.491 e. The second-order valence-corrected chi connectivity index (χ2v) is 8.37. The van der Waals surface area contributed by atoms with Gasteiger partial charge in [-0.15, -0.1) is 0 Å². The molecule has 0 spiro atoms. The smallest absolute Gasteiger partial charge is 0.251 e. The monoisotopic (exact) mass is 398 g/mol. The van der Waals surface area contributed by atoms with Crippen molar-refractivity contribution in [1.82, 2.24) is 5.32 Å². The predicted molar refractivity (Wildman–Crippen MR) is 111 cm³/mol. The maximum atomic E-state index is 12.2. The van der Waals surface area contributed by atoms with Gasteiger partial charge in [-0.3, -0.25) is 9.10 Å². The van der Waals surface area contributed by atoms with Gasteiger partial charge in [0.15, 0.2) is 0 Å². The number of hydrogen-bond donors (Lipinski definition) is 1. The molecule has 0 saturated heterocycles. The number of nitrogens with zero attached hydrogens (tertiary/aromatic N) is 1. The predicted octanol–water partition coefficient (Wildman–Crippen LogP) is 3.04. The van der Waals surface area contributed by atoms with E-state index < -0.39 is 10.0 Å². The fourth-order valence-electron chi connectivity index (χ4n) is 2.76. The van der Waals surface area contributed by atoms with Gasteiger partial charge in [-0.2, -0.15) is 0 Å². The lowest BCUT2D eigenvalue weighted by Gasteiger charge is -2.16. The standard InChI is InChI=1S/C21H22N2O4S/c1-23(28(2,25)26)18-12-10-17(11-13-18)21(24)22-14-15-27-20-9-5-7-16-6-3-4-8-19(16)20/h3-13H,14-15H2,1-2H3,(H,22,24). The number of fused-ring (bicyclic) bond motifs is 1. The Morgan fingerprint density at radius 3 is 2.39 bits per heavy atom. The van der Waals surface area contributed by atoms with Gasteiger partial charge >= 0.3 is 0 Å². The molecule has 0 fully saturated rings. The van der Waals surface area contributed by atoms with E-state index in [1.165, 1.54) is 7.05 Å². The number of hydrogen-bond acceptors (Lipinski definition) is 4. The Hall–Kier alpha value is -3.06. The van der Waals surface area contributed by atoms with Crippen molar-refractivity contribution in [2.75, 3.05) is 30.8 Å². The molecule has 0 bridgehead atoms. The van der Waals surface area contributed by atoms with Crippen molar-refractivity contribution in [2.24, 2.45) is 0 Å². The van der Waals surface area contributed by atoms with Crippen molar-refractivity contribution >= 4 is 32.4 Å². The maximum absolute atomic E-state index is 12.2. The van der Waals surface area contributed by atoms with Gasteiger partial charge in [-0.1, -0.05) is 36.4 Å². The second kappa shape index (κ2) is 8.31. The van der Waals surface area contributed by atoms with Crippen molar-refractivity contribution in [2.45, 2.75) is 0 Å². The molecule has 3 aromatic carbocycles. The number of amides is 1. The summed E-state index contributed by atoms with van der Waals surface area (Å²) in [6.07, 6.45) is 1.13. The number of carbonyl (C=O) groups excluding carboxylic acids is 1. The minimum atomic E-state index is -3.33. The van der Waals surface area contributed by atoms with Gasteiger partial charge in [0.1, 0.15) is 12.4 Å². The topological polar surface area (TPSA) is 75.7 Å². The molecule has 0 aliphatic rings. The van der Waals surface area contributed by atoms with Crippen molar-refractivity contribution in [3.8, 4) is 5.75 Å². The van der Waals surface area contributed by atoms with E-state index in [1.54, 1.807) is 24.3 Å². The Balaban J connectivity index is 1.54. The molecule has 0 heterocycles. The molecule has 1 amide bonds. The van der Waals surface area contributed by atoms with Crippen molar-refractivity contribution in [3.63, 3.8) is 0 Å². The quantitative estimate of drug-likeness (QED) is 0.621. The fourth-order valence-corrected chi connectivity index (χ4v) is 3.27. The zero-order valence-corrected chi connectivity index (χ0v) is 16.6. The third-order valence-electron chi connectivity index (χ3n) is 4.39. The van der Waals surface area contributed by atoms with E-state index in [-0.39, 0.29) is 5.91 Å².